The first-order valence-electron chi connectivity index (χ1n) is 7.41. The third-order valence-electron chi connectivity index (χ3n) is 3.98. The summed E-state index contributed by atoms with van der Waals surface area (Å²) in [5.41, 5.74) is 1.16. The third kappa shape index (κ3) is 3.79. The zero-order valence-electron chi connectivity index (χ0n) is 12.4. The average molecular weight is 319 g/mol. The van der Waals surface area contributed by atoms with Gasteiger partial charge in [0.05, 0.1) is 0 Å². The van der Waals surface area contributed by atoms with Gasteiger partial charge in [0.1, 0.15) is 5.69 Å². The number of H-pyrrole nitrogens is 1. The van der Waals surface area contributed by atoms with Crippen molar-refractivity contribution in [3.63, 3.8) is 0 Å². The van der Waals surface area contributed by atoms with Crippen LogP contribution in [0.4, 0.5) is 13.2 Å². The van der Waals surface area contributed by atoms with Crippen LogP contribution in [0.2, 0.25) is 0 Å². The molecule has 0 saturated carbocycles. The number of aromatic amines is 1. The number of aliphatic hydroxyl groups excluding tert-OH is 1. The molecule has 1 aliphatic rings. The number of amides is 1. The summed E-state index contributed by atoms with van der Waals surface area (Å²) in [4.78, 5) is 13.7. The van der Waals surface area contributed by atoms with E-state index in [2.05, 4.69) is 10.2 Å². The molecule has 2 N–H and O–H groups in total. The number of halogens is 3. The van der Waals surface area contributed by atoms with Gasteiger partial charge in [0.2, 0.25) is 0 Å². The molecule has 1 saturated heterocycles. The van der Waals surface area contributed by atoms with Gasteiger partial charge in [-0.2, -0.15) is 18.3 Å². The number of nitrogens with zero attached hydrogens (tertiary/aromatic N) is 2. The van der Waals surface area contributed by atoms with Gasteiger partial charge >= 0.3 is 6.18 Å². The van der Waals surface area contributed by atoms with Crippen LogP contribution in [-0.4, -0.2) is 51.5 Å². The van der Waals surface area contributed by atoms with Crippen LogP contribution < -0.4 is 0 Å². The van der Waals surface area contributed by atoms with Gasteiger partial charge in [-0.3, -0.25) is 9.89 Å². The summed E-state index contributed by atoms with van der Waals surface area (Å²) in [6.45, 7) is 2.41. The summed E-state index contributed by atoms with van der Waals surface area (Å²) in [5, 5.41) is 16.0. The molecular weight excluding hydrogens is 299 g/mol. The van der Waals surface area contributed by atoms with Crippen LogP contribution in [0.3, 0.4) is 0 Å². The van der Waals surface area contributed by atoms with E-state index in [1.54, 1.807) is 6.07 Å². The molecule has 1 atom stereocenters. The van der Waals surface area contributed by atoms with Gasteiger partial charge in [-0.1, -0.05) is 13.3 Å². The fraction of sp³-hybridized carbons (Fsp3) is 0.714. The smallest absolute Gasteiger partial charge is 0.383 e. The van der Waals surface area contributed by atoms with E-state index in [1.807, 2.05) is 6.92 Å². The van der Waals surface area contributed by atoms with Crippen molar-refractivity contribution in [1.29, 1.82) is 0 Å². The summed E-state index contributed by atoms with van der Waals surface area (Å²) < 4.78 is 37.5. The lowest BCUT2D eigenvalue weighted by Gasteiger charge is -2.34. The first-order valence-corrected chi connectivity index (χ1v) is 7.41. The van der Waals surface area contributed by atoms with Crippen LogP contribution in [0.5, 0.6) is 0 Å². The highest BCUT2D eigenvalue weighted by Gasteiger charge is 2.44. The van der Waals surface area contributed by atoms with Crippen LogP contribution in [-0.2, 0) is 6.42 Å². The second kappa shape index (κ2) is 6.68. The Morgan fingerprint density at radius 2 is 2.14 bits per heavy atom. The van der Waals surface area contributed by atoms with Crippen molar-refractivity contribution >= 4 is 5.91 Å². The van der Waals surface area contributed by atoms with Crippen LogP contribution in [0.15, 0.2) is 6.07 Å². The maximum absolute atomic E-state index is 12.5. The number of aromatic nitrogens is 2. The fourth-order valence-corrected chi connectivity index (χ4v) is 2.72. The van der Waals surface area contributed by atoms with Crippen molar-refractivity contribution in [2.75, 3.05) is 13.1 Å². The van der Waals surface area contributed by atoms with Crippen molar-refractivity contribution in [2.45, 2.75) is 44.9 Å². The number of piperidine rings is 1. The lowest BCUT2D eigenvalue weighted by molar-refractivity contribution is -0.222. The highest BCUT2D eigenvalue weighted by Crippen LogP contribution is 2.31. The minimum absolute atomic E-state index is 0.138. The Labute approximate surface area is 126 Å². The van der Waals surface area contributed by atoms with Gasteiger partial charge in [0.15, 0.2) is 6.10 Å². The molecule has 124 valence electrons. The largest absolute Gasteiger partial charge is 0.414 e. The van der Waals surface area contributed by atoms with Gasteiger partial charge in [-0.25, -0.2) is 0 Å². The zero-order valence-corrected chi connectivity index (χ0v) is 12.4. The maximum atomic E-state index is 12.5. The molecule has 0 aromatic carbocycles. The molecule has 0 radical (unpaired) electrons. The second-order valence-corrected chi connectivity index (χ2v) is 5.64. The number of alkyl halides is 3. The number of nitrogens with one attached hydrogen (secondary N) is 1. The Kier molecular flexibility index (Phi) is 5.10. The quantitative estimate of drug-likeness (QED) is 0.893. The molecule has 5 nitrogen and oxygen atoms in total. The van der Waals surface area contributed by atoms with E-state index in [1.165, 1.54) is 4.90 Å². The lowest BCUT2D eigenvalue weighted by Crippen LogP contribution is -2.45. The number of carbonyl (C=O) groups is 1. The molecule has 1 amide bonds. The molecule has 0 spiro atoms. The molecule has 8 heteroatoms. The number of rotatable bonds is 4. The van der Waals surface area contributed by atoms with Gasteiger partial charge in [-0.05, 0) is 31.2 Å². The number of hydrogen-bond acceptors (Lipinski definition) is 3. The topological polar surface area (TPSA) is 69.2 Å². The normalized spacial score (nSPS) is 18.5. The zero-order chi connectivity index (χ0) is 16.3. The molecule has 22 heavy (non-hydrogen) atoms. The Morgan fingerprint density at radius 3 is 2.68 bits per heavy atom. The molecule has 1 aromatic heterocycles. The summed E-state index contributed by atoms with van der Waals surface area (Å²) in [7, 11) is 0. The van der Waals surface area contributed by atoms with Crippen LogP contribution >= 0.6 is 0 Å². The van der Waals surface area contributed by atoms with Crippen molar-refractivity contribution in [3.8, 4) is 0 Å². The molecule has 1 aliphatic heterocycles. The van der Waals surface area contributed by atoms with Crippen molar-refractivity contribution in [1.82, 2.24) is 15.1 Å². The molecule has 1 fully saturated rings. The number of aryl methyl sites for hydroxylation is 1. The molecule has 2 heterocycles. The molecule has 2 rings (SSSR count). The Hall–Kier alpha value is -1.57. The Balaban J connectivity index is 1.92. The van der Waals surface area contributed by atoms with E-state index in [9.17, 15) is 23.1 Å². The van der Waals surface area contributed by atoms with E-state index >= 15 is 0 Å². The van der Waals surface area contributed by atoms with Crippen LogP contribution in [0.25, 0.3) is 0 Å². The van der Waals surface area contributed by atoms with E-state index in [-0.39, 0.29) is 31.8 Å². The van der Waals surface area contributed by atoms with E-state index in [0.29, 0.717) is 5.69 Å². The highest BCUT2D eigenvalue weighted by molar-refractivity contribution is 5.92. The number of aliphatic hydroxyl groups is 1. The Bertz CT molecular complexity index is 508. The first kappa shape index (κ1) is 16.8. The van der Waals surface area contributed by atoms with Gasteiger partial charge < -0.3 is 10.0 Å². The molecule has 0 aliphatic carbocycles. The average Bonchev–Trinajstić information content (AvgIpc) is 2.94. The molecule has 1 aromatic rings. The van der Waals surface area contributed by atoms with Gasteiger partial charge in [0, 0.05) is 18.8 Å². The molecule has 1 unspecified atom stereocenters. The van der Waals surface area contributed by atoms with Crippen molar-refractivity contribution in [2.24, 2.45) is 5.92 Å². The van der Waals surface area contributed by atoms with E-state index in [4.69, 9.17) is 0 Å². The summed E-state index contributed by atoms with van der Waals surface area (Å²) in [5.74, 6) is -1.13. The van der Waals surface area contributed by atoms with Crippen molar-refractivity contribution < 1.29 is 23.1 Å². The number of hydrogen-bond donors (Lipinski definition) is 2. The highest BCUT2D eigenvalue weighted by atomic mass is 19.4. The third-order valence-corrected chi connectivity index (χ3v) is 3.98. The second-order valence-electron chi connectivity index (χ2n) is 5.64. The maximum Gasteiger partial charge on any atom is 0.414 e. The predicted molar refractivity (Wildman–Crippen MR) is 73.3 cm³/mol. The number of likely N-dealkylation sites (tertiary alicyclic amines) is 1. The monoisotopic (exact) mass is 319 g/mol. The SMILES string of the molecule is CCCc1cc(C(=O)N2CCC(C(O)C(F)(F)F)CC2)n[nH]1. The van der Waals surface area contributed by atoms with E-state index in [0.717, 1.165) is 18.5 Å². The van der Waals surface area contributed by atoms with Crippen molar-refractivity contribution in [3.05, 3.63) is 17.5 Å². The summed E-state index contributed by atoms with van der Waals surface area (Å²) >= 11 is 0. The summed E-state index contributed by atoms with van der Waals surface area (Å²) in [6.07, 6.45) is -4.92. The van der Waals surface area contributed by atoms with E-state index < -0.39 is 18.2 Å². The van der Waals surface area contributed by atoms with Gasteiger partial charge in [-0.15, -0.1) is 0 Å². The fourth-order valence-electron chi connectivity index (χ4n) is 2.72. The standard InChI is InChI=1S/C14H20F3N3O2/c1-2-3-10-8-11(19-18-10)13(22)20-6-4-9(5-7-20)12(21)14(15,16)17/h8-9,12,21H,2-7H2,1H3,(H,18,19). The predicted octanol–water partition coefficient (Wildman–Crippen LogP) is 2.14. The van der Waals surface area contributed by atoms with Crippen LogP contribution in [0.1, 0.15) is 42.4 Å². The van der Waals surface area contributed by atoms with Gasteiger partial charge in [0.25, 0.3) is 5.91 Å². The lowest BCUT2D eigenvalue weighted by atomic mass is 9.91. The molecular formula is C14H20F3N3O2. The minimum Gasteiger partial charge on any atom is -0.383 e. The summed E-state index contributed by atoms with van der Waals surface area (Å²) in [6, 6.07) is 1.68. The van der Waals surface area contributed by atoms with Crippen LogP contribution in [0, 0.1) is 5.92 Å². The minimum atomic E-state index is -4.60. The number of carbonyl (C=O) groups excluding carboxylic acids is 1. The molecule has 0 bridgehead atoms. The Morgan fingerprint density at radius 1 is 1.50 bits per heavy atom. The first-order chi connectivity index (χ1) is 10.3.